The number of hydrogen-bond donors (Lipinski definition) is 2. The summed E-state index contributed by atoms with van der Waals surface area (Å²) in [4.78, 5) is 8.96. The van der Waals surface area contributed by atoms with Crippen molar-refractivity contribution in [2.24, 2.45) is 4.99 Å². The topological polar surface area (TPSA) is 67.1 Å². The number of aromatic nitrogens is 3. The van der Waals surface area contributed by atoms with Gasteiger partial charge in [-0.1, -0.05) is 23.7 Å². The molecule has 0 unspecified atom stereocenters. The van der Waals surface area contributed by atoms with Gasteiger partial charge in [0, 0.05) is 36.7 Å². The summed E-state index contributed by atoms with van der Waals surface area (Å²) < 4.78 is 1.74. The Morgan fingerprint density at radius 3 is 2.74 bits per heavy atom. The molecule has 0 bridgehead atoms. The van der Waals surface area contributed by atoms with Gasteiger partial charge in [0.05, 0.1) is 6.54 Å². The SMILES string of the molecule is CCNC(=NCc1cccc(Cl)c1)NCc1ccnc(-n2cccn2)c1.I. The molecule has 3 rings (SSSR count). The molecule has 0 aliphatic carbocycles. The summed E-state index contributed by atoms with van der Waals surface area (Å²) in [5.74, 6) is 1.54. The summed E-state index contributed by atoms with van der Waals surface area (Å²) in [6.45, 7) is 4.03. The number of rotatable bonds is 6. The molecule has 0 spiro atoms. The molecule has 2 N–H and O–H groups in total. The molecule has 1 aromatic carbocycles. The van der Waals surface area contributed by atoms with Crippen LogP contribution in [-0.4, -0.2) is 27.3 Å². The zero-order valence-electron chi connectivity index (χ0n) is 15.0. The third-order valence-corrected chi connectivity index (χ3v) is 3.90. The maximum absolute atomic E-state index is 6.03. The molecule has 0 atom stereocenters. The van der Waals surface area contributed by atoms with Crippen molar-refractivity contribution in [3.05, 3.63) is 77.2 Å². The number of guanidine groups is 1. The summed E-state index contributed by atoms with van der Waals surface area (Å²) in [7, 11) is 0. The zero-order chi connectivity index (χ0) is 18.2. The summed E-state index contributed by atoms with van der Waals surface area (Å²) in [5.41, 5.74) is 2.17. The molecule has 0 fully saturated rings. The van der Waals surface area contributed by atoms with Crippen molar-refractivity contribution < 1.29 is 0 Å². The van der Waals surface area contributed by atoms with Gasteiger partial charge in [-0.05, 0) is 48.4 Å². The van der Waals surface area contributed by atoms with E-state index in [4.69, 9.17) is 11.6 Å². The smallest absolute Gasteiger partial charge is 0.191 e. The summed E-state index contributed by atoms with van der Waals surface area (Å²) in [6.07, 6.45) is 5.39. The molecule has 2 aromatic heterocycles. The molecule has 0 amide bonds. The number of hydrogen-bond acceptors (Lipinski definition) is 3. The van der Waals surface area contributed by atoms with Crippen molar-refractivity contribution in [3.63, 3.8) is 0 Å². The van der Waals surface area contributed by atoms with Gasteiger partial charge < -0.3 is 10.6 Å². The minimum atomic E-state index is 0. The van der Waals surface area contributed by atoms with Gasteiger partial charge in [0.15, 0.2) is 11.8 Å². The van der Waals surface area contributed by atoms with Crippen LogP contribution >= 0.6 is 35.6 Å². The van der Waals surface area contributed by atoms with Gasteiger partial charge in [0.25, 0.3) is 0 Å². The molecule has 8 heteroatoms. The largest absolute Gasteiger partial charge is 0.357 e. The Kier molecular flexibility index (Phi) is 8.53. The molecular formula is C19H22ClIN6. The molecule has 142 valence electrons. The standard InChI is InChI=1S/C19H21ClN6.HI/c1-2-21-19(23-13-15-5-3-6-17(20)11-15)24-14-16-7-9-22-18(12-16)26-10-4-8-25-26;/h3-12H,2,13-14H2,1H3,(H2,21,23,24);1H. The van der Waals surface area contributed by atoms with Crippen LogP contribution in [0.3, 0.4) is 0 Å². The van der Waals surface area contributed by atoms with E-state index in [0.717, 1.165) is 34.5 Å². The molecule has 0 saturated heterocycles. The van der Waals surface area contributed by atoms with Crippen molar-refractivity contribution in [3.8, 4) is 5.82 Å². The second-order valence-corrected chi connectivity index (χ2v) is 6.09. The lowest BCUT2D eigenvalue weighted by Gasteiger charge is -2.12. The Bertz CT molecular complexity index is 866. The van der Waals surface area contributed by atoms with Crippen molar-refractivity contribution in [1.29, 1.82) is 0 Å². The van der Waals surface area contributed by atoms with E-state index in [2.05, 4.69) is 25.7 Å². The fraction of sp³-hybridized carbons (Fsp3) is 0.211. The maximum atomic E-state index is 6.03. The number of aliphatic imine (C=N–C) groups is 1. The molecule has 0 radical (unpaired) electrons. The Morgan fingerprint density at radius 2 is 2.00 bits per heavy atom. The average molecular weight is 497 g/mol. The first-order valence-electron chi connectivity index (χ1n) is 8.46. The van der Waals surface area contributed by atoms with Crippen LogP contribution in [0.1, 0.15) is 18.1 Å². The molecule has 3 aromatic rings. The van der Waals surface area contributed by atoms with E-state index in [-0.39, 0.29) is 24.0 Å². The zero-order valence-corrected chi connectivity index (χ0v) is 18.1. The first kappa shape index (κ1) is 21.2. The second kappa shape index (κ2) is 10.9. The normalized spacial score (nSPS) is 11.0. The lowest BCUT2D eigenvalue weighted by Crippen LogP contribution is -2.36. The first-order chi connectivity index (χ1) is 12.7. The lowest BCUT2D eigenvalue weighted by atomic mass is 10.2. The van der Waals surface area contributed by atoms with E-state index in [1.54, 1.807) is 17.1 Å². The number of nitrogens with zero attached hydrogens (tertiary/aromatic N) is 4. The Morgan fingerprint density at radius 1 is 1.11 bits per heavy atom. The quantitative estimate of drug-likeness (QED) is 0.310. The number of benzene rings is 1. The molecule has 0 aliphatic rings. The molecule has 0 saturated carbocycles. The van der Waals surface area contributed by atoms with E-state index < -0.39 is 0 Å². The van der Waals surface area contributed by atoms with Crippen molar-refractivity contribution in [2.75, 3.05) is 6.54 Å². The van der Waals surface area contributed by atoms with Crippen LogP contribution in [-0.2, 0) is 13.1 Å². The third kappa shape index (κ3) is 6.51. The van der Waals surface area contributed by atoms with Crippen LogP contribution in [0.4, 0.5) is 0 Å². The highest BCUT2D eigenvalue weighted by molar-refractivity contribution is 14.0. The summed E-state index contributed by atoms with van der Waals surface area (Å²) >= 11 is 6.03. The van der Waals surface area contributed by atoms with Crippen molar-refractivity contribution in [2.45, 2.75) is 20.0 Å². The van der Waals surface area contributed by atoms with E-state index in [0.29, 0.717) is 13.1 Å². The molecule has 0 aliphatic heterocycles. The number of pyridine rings is 1. The van der Waals surface area contributed by atoms with Gasteiger partial charge >= 0.3 is 0 Å². The Hall–Kier alpha value is -2.13. The van der Waals surface area contributed by atoms with Crippen molar-refractivity contribution in [1.82, 2.24) is 25.4 Å². The lowest BCUT2D eigenvalue weighted by molar-refractivity contribution is 0.805. The predicted molar refractivity (Wildman–Crippen MR) is 120 cm³/mol. The van der Waals surface area contributed by atoms with Crippen LogP contribution < -0.4 is 10.6 Å². The summed E-state index contributed by atoms with van der Waals surface area (Å²) in [6, 6.07) is 13.6. The minimum Gasteiger partial charge on any atom is -0.357 e. The number of nitrogens with one attached hydrogen (secondary N) is 2. The van der Waals surface area contributed by atoms with Crippen LogP contribution in [0.15, 0.2) is 66.0 Å². The molecule has 6 nitrogen and oxygen atoms in total. The van der Waals surface area contributed by atoms with Gasteiger partial charge in [0.2, 0.25) is 0 Å². The maximum Gasteiger partial charge on any atom is 0.191 e. The van der Waals surface area contributed by atoms with Crippen LogP contribution in [0.25, 0.3) is 5.82 Å². The van der Waals surface area contributed by atoms with E-state index in [9.17, 15) is 0 Å². The highest BCUT2D eigenvalue weighted by Crippen LogP contribution is 2.11. The first-order valence-corrected chi connectivity index (χ1v) is 8.84. The van der Waals surface area contributed by atoms with Crippen molar-refractivity contribution >= 4 is 41.5 Å². The highest BCUT2D eigenvalue weighted by atomic mass is 127. The van der Waals surface area contributed by atoms with Gasteiger partial charge in [0.1, 0.15) is 0 Å². The predicted octanol–water partition coefficient (Wildman–Crippen LogP) is 3.79. The number of halogens is 2. The molecule has 2 heterocycles. The minimum absolute atomic E-state index is 0. The third-order valence-electron chi connectivity index (χ3n) is 3.66. The molecule has 27 heavy (non-hydrogen) atoms. The second-order valence-electron chi connectivity index (χ2n) is 5.65. The van der Waals surface area contributed by atoms with E-state index >= 15 is 0 Å². The van der Waals surface area contributed by atoms with Crippen LogP contribution in [0.2, 0.25) is 5.02 Å². The highest BCUT2D eigenvalue weighted by Gasteiger charge is 2.02. The monoisotopic (exact) mass is 496 g/mol. The Labute approximate surface area is 181 Å². The van der Waals surface area contributed by atoms with Gasteiger partial charge in [-0.25, -0.2) is 14.7 Å². The fourth-order valence-electron chi connectivity index (χ4n) is 2.43. The fourth-order valence-corrected chi connectivity index (χ4v) is 2.65. The van der Waals surface area contributed by atoms with E-state index in [1.807, 2.05) is 55.6 Å². The summed E-state index contributed by atoms with van der Waals surface area (Å²) in [5, 5.41) is 11.5. The van der Waals surface area contributed by atoms with Gasteiger partial charge in [-0.3, -0.25) is 0 Å². The average Bonchev–Trinajstić information content (AvgIpc) is 3.19. The van der Waals surface area contributed by atoms with Crippen LogP contribution in [0, 0.1) is 0 Å². The van der Waals surface area contributed by atoms with E-state index in [1.165, 1.54) is 0 Å². The molecular weight excluding hydrogens is 475 g/mol. The van der Waals surface area contributed by atoms with Gasteiger partial charge in [-0.15, -0.1) is 24.0 Å². The Balaban J connectivity index is 0.00000261. The van der Waals surface area contributed by atoms with Gasteiger partial charge in [-0.2, -0.15) is 5.10 Å². The van der Waals surface area contributed by atoms with Crippen LogP contribution in [0.5, 0.6) is 0 Å².